The summed E-state index contributed by atoms with van der Waals surface area (Å²) in [7, 11) is 0. The zero-order chi connectivity index (χ0) is 14.4. The van der Waals surface area contributed by atoms with Crippen LogP contribution in [-0.2, 0) is 16.1 Å². The molecule has 3 amide bonds. The van der Waals surface area contributed by atoms with Gasteiger partial charge in [0.05, 0.1) is 10.6 Å². The molecule has 5 nitrogen and oxygen atoms in total. The topological polar surface area (TPSA) is 66.5 Å². The molecule has 1 unspecified atom stereocenters. The van der Waals surface area contributed by atoms with E-state index in [2.05, 4.69) is 5.32 Å². The lowest BCUT2D eigenvalue weighted by molar-refractivity contribution is -0.136. The van der Waals surface area contributed by atoms with E-state index < -0.39 is 23.7 Å². The quantitative estimate of drug-likeness (QED) is 0.793. The first kappa shape index (κ1) is 13.1. The molecule has 104 valence electrons. The van der Waals surface area contributed by atoms with Gasteiger partial charge in [0.15, 0.2) is 0 Å². The number of rotatable bonds is 1. The summed E-state index contributed by atoms with van der Waals surface area (Å²) in [5.74, 6) is -1.98. The molecule has 0 radical (unpaired) electrons. The number of carbonyl (C=O) groups is 3. The molecule has 20 heavy (non-hydrogen) atoms. The van der Waals surface area contributed by atoms with E-state index in [0.717, 1.165) is 0 Å². The Labute approximate surface area is 118 Å². The van der Waals surface area contributed by atoms with E-state index in [4.69, 9.17) is 11.6 Å². The number of fused-ring (bicyclic) bond motifs is 1. The molecule has 1 saturated heterocycles. The third kappa shape index (κ3) is 1.87. The fraction of sp³-hybridized carbons (Fsp3) is 0.308. The average Bonchev–Trinajstić information content (AvgIpc) is 2.72. The molecule has 3 rings (SSSR count). The van der Waals surface area contributed by atoms with Gasteiger partial charge in [0.25, 0.3) is 5.91 Å². The largest absolute Gasteiger partial charge is 0.322 e. The van der Waals surface area contributed by atoms with Crippen LogP contribution in [-0.4, -0.2) is 28.7 Å². The second kappa shape index (κ2) is 4.56. The summed E-state index contributed by atoms with van der Waals surface area (Å²) in [5, 5.41) is 1.98. The lowest BCUT2D eigenvalue weighted by atomic mass is 10.0. The molecule has 1 fully saturated rings. The van der Waals surface area contributed by atoms with Gasteiger partial charge in [-0.2, -0.15) is 0 Å². The maximum Gasteiger partial charge on any atom is 0.256 e. The summed E-state index contributed by atoms with van der Waals surface area (Å²) >= 11 is 5.82. The summed E-state index contributed by atoms with van der Waals surface area (Å²) in [5.41, 5.74) is 0.697. The number of hydrogen-bond acceptors (Lipinski definition) is 3. The number of halogens is 2. The molecule has 0 saturated carbocycles. The van der Waals surface area contributed by atoms with Crippen molar-refractivity contribution in [2.24, 2.45) is 0 Å². The van der Waals surface area contributed by atoms with Crippen LogP contribution in [0, 0.1) is 5.82 Å². The molecule has 1 atom stereocenters. The van der Waals surface area contributed by atoms with Crippen LogP contribution < -0.4 is 5.32 Å². The molecule has 7 heteroatoms. The Morgan fingerprint density at radius 1 is 1.30 bits per heavy atom. The molecule has 2 heterocycles. The SMILES string of the molecule is O=C1CCC(N2Cc3ccc(F)c(Cl)c3C2=O)C(=O)N1. The second-order valence-electron chi connectivity index (χ2n) is 4.80. The lowest BCUT2D eigenvalue weighted by Gasteiger charge is -2.29. The lowest BCUT2D eigenvalue weighted by Crippen LogP contribution is -2.52. The summed E-state index contributed by atoms with van der Waals surface area (Å²) in [4.78, 5) is 36.6. The van der Waals surface area contributed by atoms with Gasteiger partial charge in [-0.1, -0.05) is 17.7 Å². The standard InChI is InChI=1S/C13H10ClFN2O3/c14-11-7(15)2-1-6-5-17(13(20)10(6)11)8-3-4-9(18)16-12(8)19/h1-2,8H,3-5H2,(H,16,18,19). The third-order valence-corrected chi connectivity index (χ3v) is 3.95. The van der Waals surface area contributed by atoms with E-state index in [1.165, 1.54) is 17.0 Å². The zero-order valence-corrected chi connectivity index (χ0v) is 11.0. The Morgan fingerprint density at radius 3 is 2.75 bits per heavy atom. The minimum atomic E-state index is -0.716. The van der Waals surface area contributed by atoms with Crippen molar-refractivity contribution in [2.75, 3.05) is 0 Å². The maximum absolute atomic E-state index is 13.4. The third-order valence-electron chi connectivity index (χ3n) is 3.58. The Kier molecular flexibility index (Phi) is 2.97. The molecule has 2 aliphatic rings. The number of benzene rings is 1. The molecular formula is C13H10ClFN2O3. The molecule has 0 bridgehead atoms. The van der Waals surface area contributed by atoms with Gasteiger partial charge >= 0.3 is 0 Å². The first-order valence-electron chi connectivity index (χ1n) is 6.10. The van der Waals surface area contributed by atoms with Crippen LogP contribution in [0.2, 0.25) is 5.02 Å². The van der Waals surface area contributed by atoms with Crippen molar-refractivity contribution < 1.29 is 18.8 Å². The van der Waals surface area contributed by atoms with Crippen LogP contribution in [0.5, 0.6) is 0 Å². The van der Waals surface area contributed by atoms with E-state index in [9.17, 15) is 18.8 Å². The van der Waals surface area contributed by atoms with Crippen molar-refractivity contribution in [3.8, 4) is 0 Å². The Balaban J connectivity index is 1.93. The van der Waals surface area contributed by atoms with Crippen LogP contribution in [0.1, 0.15) is 28.8 Å². The second-order valence-corrected chi connectivity index (χ2v) is 5.17. The molecule has 1 N–H and O–H groups in total. The smallest absolute Gasteiger partial charge is 0.256 e. The fourth-order valence-corrected chi connectivity index (χ4v) is 2.85. The van der Waals surface area contributed by atoms with Gasteiger partial charge in [0.2, 0.25) is 11.8 Å². The van der Waals surface area contributed by atoms with Crippen LogP contribution in [0.15, 0.2) is 12.1 Å². The van der Waals surface area contributed by atoms with Crippen LogP contribution in [0.4, 0.5) is 4.39 Å². The molecule has 1 aromatic rings. The van der Waals surface area contributed by atoms with E-state index >= 15 is 0 Å². The first-order chi connectivity index (χ1) is 9.49. The minimum Gasteiger partial charge on any atom is -0.322 e. The summed E-state index contributed by atoms with van der Waals surface area (Å²) in [6.07, 6.45) is 0.448. The first-order valence-corrected chi connectivity index (χ1v) is 6.48. The number of imide groups is 1. The highest BCUT2D eigenvalue weighted by atomic mass is 35.5. The van der Waals surface area contributed by atoms with Gasteiger partial charge in [0.1, 0.15) is 11.9 Å². The van der Waals surface area contributed by atoms with Gasteiger partial charge in [-0.25, -0.2) is 4.39 Å². The molecule has 0 spiro atoms. The minimum absolute atomic E-state index is 0.108. The van der Waals surface area contributed by atoms with Crippen molar-refractivity contribution in [3.05, 3.63) is 34.1 Å². The summed E-state index contributed by atoms with van der Waals surface area (Å²) < 4.78 is 13.4. The predicted octanol–water partition coefficient (Wildman–Crippen LogP) is 1.24. The Morgan fingerprint density at radius 2 is 2.05 bits per heavy atom. The zero-order valence-electron chi connectivity index (χ0n) is 10.3. The summed E-state index contributed by atoms with van der Waals surface area (Å²) in [6, 6.07) is 1.97. The molecule has 0 aromatic heterocycles. The summed E-state index contributed by atoms with van der Waals surface area (Å²) in [6.45, 7) is 0.195. The van der Waals surface area contributed by atoms with Crippen LogP contribution >= 0.6 is 11.6 Å². The van der Waals surface area contributed by atoms with Gasteiger partial charge in [-0.05, 0) is 18.1 Å². The molecule has 2 aliphatic heterocycles. The Hall–Kier alpha value is -1.95. The normalized spacial score (nSPS) is 22.0. The predicted molar refractivity (Wildman–Crippen MR) is 67.5 cm³/mol. The van der Waals surface area contributed by atoms with Crippen LogP contribution in [0.25, 0.3) is 0 Å². The highest BCUT2D eigenvalue weighted by Crippen LogP contribution is 2.33. The number of carbonyl (C=O) groups excluding carboxylic acids is 3. The molecule has 0 aliphatic carbocycles. The highest BCUT2D eigenvalue weighted by molar-refractivity contribution is 6.34. The van der Waals surface area contributed by atoms with Gasteiger partial charge in [-0.15, -0.1) is 0 Å². The maximum atomic E-state index is 13.4. The van der Waals surface area contributed by atoms with Gasteiger partial charge in [-0.3, -0.25) is 19.7 Å². The van der Waals surface area contributed by atoms with Crippen molar-refractivity contribution >= 4 is 29.3 Å². The van der Waals surface area contributed by atoms with Crippen molar-refractivity contribution in [1.29, 1.82) is 0 Å². The number of hydrogen-bond donors (Lipinski definition) is 1. The average molecular weight is 297 g/mol. The fourth-order valence-electron chi connectivity index (χ4n) is 2.58. The Bertz CT molecular complexity index is 647. The molecule has 1 aromatic carbocycles. The van der Waals surface area contributed by atoms with E-state index in [1.807, 2.05) is 0 Å². The van der Waals surface area contributed by atoms with Crippen molar-refractivity contribution in [3.63, 3.8) is 0 Å². The molecular weight excluding hydrogens is 287 g/mol. The van der Waals surface area contributed by atoms with E-state index in [0.29, 0.717) is 5.56 Å². The van der Waals surface area contributed by atoms with Gasteiger partial charge in [0, 0.05) is 13.0 Å². The van der Waals surface area contributed by atoms with Crippen LogP contribution in [0.3, 0.4) is 0 Å². The van der Waals surface area contributed by atoms with Gasteiger partial charge < -0.3 is 4.90 Å². The number of piperidine rings is 1. The monoisotopic (exact) mass is 296 g/mol. The number of nitrogens with zero attached hydrogens (tertiary/aromatic N) is 1. The number of amides is 3. The van der Waals surface area contributed by atoms with E-state index in [1.54, 1.807) is 0 Å². The highest BCUT2D eigenvalue weighted by Gasteiger charge is 2.40. The number of nitrogens with one attached hydrogen (secondary N) is 1. The van der Waals surface area contributed by atoms with Crippen molar-refractivity contribution in [2.45, 2.75) is 25.4 Å². The van der Waals surface area contributed by atoms with E-state index in [-0.39, 0.29) is 35.9 Å². The van der Waals surface area contributed by atoms with Crippen molar-refractivity contribution in [1.82, 2.24) is 10.2 Å².